The number of amides is 2. The number of benzene rings is 2. The zero-order valence-electron chi connectivity index (χ0n) is 20.1. The summed E-state index contributed by atoms with van der Waals surface area (Å²) in [4.78, 5) is 32.0. The van der Waals surface area contributed by atoms with Crippen molar-refractivity contribution in [1.82, 2.24) is 20.0 Å². The number of fused-ring (bicyclic) bond motifs is 1. The minimum Gasteiger partial charge on any atom is -0.485 e. The third kappa shape index (κ3) is 6.13. The maximum atomic E-state index is 12.9. The SMILES string of the molecule is O=C(CN1CCN(C(=O)C2COc3ccccc3O2)CC1)NC1CCN(Cc2ccccc2)CC1. The van der Waals surface area contributed by atoms with Gasteiger partial charge in [0.2, 0.25) is 12.0 Å². The first-order valence-corrected chi connectivity index (χ1v) is 12.6. The normalized spacial score (nSPS) is 21.5. The molecule has 5 rings (SSSR count). The average molecular weight is 479 g/mol. The molecule has 2 aromatic rings. The highest BCUT2D eigenvalue weighted by Gasteiger charge is 2.33. The number of piperidine rings is 1. The molecule has 1 atom stereocenters. The molecule has 1 unspecified atom stereocenters. The molecular formula is C27H34N4O4. The number of carbonyl (C=O) groups excluding carboxylic acids is 2. The fourth-order valence-electron chi connectivity index (χ4n) is 5.02. The summed E-state index contributed by atoms with van der Waals surface area (Å²) < 4.78 is 11.6. The van der Waals surface area contributed by atoms with Gasteiger partial charge in [-0.15, -0.1) is 0 Å². The van der Waals surface area contributed by atoms with Crippen LogP contribution in [0.1, 0.15) is 18.4 Å². The molecule has 0 saturated carbocycles. The second-order valence-corrected chi connectivity index (χ2v) is 9.57. The molecule has 2 aromatic carbocycles. The van der Waals surface area contributed by atoms with Gasteiger partial charge in [-0.25, -0.2) is 0 Å². The minimum atomic E-state index is -0.618. The van der Waals surface area contributed by atoms with Crippen LogP contribution in [0.4, 0.5) is 0 Å². The molecule has 35 heavy (non-hydrogen) atoms. The Kier molecular flexibility index (Phi) is 7.49. The summed E-state index contributed by atoms with van der Waals surface area (Å²) in [5, 5.41) is 3.22. The first-order valence-electron chi connectivity index (χ1n) is 12.6. The van der Waals surface area contributed by atoms with Gasteiger partial charge in [-0.3, -0.25) is 19.4 Å². The van der Waals surface area contributed by atoms with Crippen molar-refractivity contribution in [2.75, 3.05) is 52.4 Å². The summed E-state index contributed by atoms with van der Waals surface area (Å²) in [5.74, 6) is 1.31. The van der Waals surface area contributed by atoms with Crippen LogP contribution in [0, 0.1) is 0 Å². The van der Waals surface area contributed by atoms with E-state index in [1.165, 1.54) is 5.56 Å². The van der Waals surface area contributed by atoms with Gasteiger partial charge in [0.05, 0.1) is 6.54 Å². The lowest BCUT2D eigenvalue weighted by Crippen LogP contribution is -2.55. The standard InChI is InChI=1S/C27H34N4O4/c32-26(28-22-10-12-29(13-11-22)18-21-6-2-1-3-7-21)19-30-14-16-31(17-15-30)27(33)25-20-34-23-8-4-5-9-24(23)35-25/h1-9,22,25H,10-20H2,(H,28,32). The number of carbonyl (C=O) groups is 2. The molecule has 0 spiro atoms. The van der Waals surface area contributed by atoms with E-state index in [4.69, 9.17) is 9.47 Å². The largest absolute Gasteiger partial charge is 0.485 e. The number of para-hydroxylation sites is 2. The van der Waals surface area contributed by atoms with Gasteiger partial charge >= 0.3 is 0 Å². The molecule has 186 valence electrons. The Morgan fingerprint density at radius 1 is 0.829 bits per heavy atom. The van der Waals surface area contributed by atoms with E-state index in [9.17, 15) is 9.59 Å². The van der Waals surface area contributed by atoms with Gasteiger partial charge in [0.15, 0.2) is 11.5 Å². The molecule has 2 fully saturated rings. The quantitative estimate of drug-likeness (QED) is 0.682. The van der Waals surface area contributed by atoms with Crippen LogP contribution in [0.25, 0.3) is 0 Å². The Morgan fingerprint density at radius 2 is 1.51 bits per heavy atom. The van der Waals surface area contributed by atoms with E-state index >= 15 is 0 Å². The van der Waals surface area contributed by atoms with E-state index in [-0.39, 0.29) is 24.5 Å². The van der Waals surface area contributed by atoms with E-state index in [0.29, 0.717) is 44.2 Å². The smallest absolute Gasteiger partial charge is 0.267 e. The van der Waals surface area contributed by atoms with Gasteiger partial charge in [-0.1, -0.05) is 42.5 Å². The Morgan fingerprint density at radius 3 is 2.26 bits per heavy atom. The molecule has 0 aliphatic carbocycles. The van der Waals surface area contributed by atoms with Crippen LogP contribution in [0.5, 0.6) is 11.5 Å². The van der Waals surface area contributed by atoms with Gasteiger partial charge in [0, 0.05) is 51.9 Å². The summed E-state index contributed by atoms with van der Waals surface area (Å²) in [5.41, 5.74) is 1.33. The number of nitrogens with zero attached hydrogens (tertiary/aromatic N) is 3. The van der Waals surface area contributed by atoms with E-state index in [1.54, 1.807) is 0 Å². The summed E-state index contributed by atoms with van der Waals surface area (Å²) in [6.45, 7) is 6.10. The molecule has 0 bridgehead atoms. The van der Waals surface area contributed by atoms with Gasteiger partial charge in [0.1, 0.15) is 6.61 Å². The molecule has 3 heterocycles. The lowest BCUT2D eigenvalue weighted by atomic mass is 10.0. The minimum absolute atomic E-state index is 0.0501. The highest BCUT2D eigenvalue weighted by molar-refractivity contribution is 5.82. The average Bonchev–Trinajstić information content (AvgIpc) is 2.90. The van der Waals surface area contributed by atoms with Crippen LogP contribution in [0.3, 0.4) is 0 Å². The fraction of sp³-hybridized carbons (Fsp3) is 0.481. The first-order chi connectivity index (χ1) is 17.1. The zero-order chi connectivity index (χ0) is 24.0. The van der Waals surface area contributed by atoms with Gasteiger partial charge < -0.3 is 19.7 Å². The molecule has 2 saturated heterocycles. The molecule has 8 nitrogen and oxygen atoms in total. The first kappa shape index (κ1) is 23.6. The Bertz CT molecular complexity index is 1000. The number of nitrogens with one attached hydrogen (secondary N) is 1. The Balaban J connectivity index is 1.00. The molecule has 0 radical (unpaired) electrons. The summed E-state index contributed by atoms with van der Waals surface area (Å²) in [7, 11) is 0. The van der Waals surface area contributed by atoms with Crippen LogP contribution in [0.2, 0.25) is 0 Å². The molecular weight excluding hydrogens is 444 g/mol. The second-order valence-electron chi connectivity index (χ2n) is 9.57. The van der Waals surface area contributed by atoms with E-state index in [0.717, 1.165) is 32.5 Å². The van der Waals surface area contributed by atoms with Crippen LogP contribution in [-0.4, -0.2) is 91.1 Å². The molecule has 8 heteroatoms. The van der Waals surface area contributed by atoms with Crippen molar-refractivity contribution in [3.8, 4) is 11.5 Å². The van der Waals surface area contributed by atoms with Gasteiger partial charge in [-0.05, 0) is 30.5 Å². The number of piperazine rings is 1. The van der Waals surface area contributed by atoms with Crippen molar-refractivity contribution in [3.63, 3.8) is 0 Å². The molecule has 3 aliphatic rings. The third-order valence-corrected chi connectivity index (χ3v) is 7.04. The van der Waals surface area contributed by atoms with Crippen molar-refractivity contribution >= 4 is 11.8 Å². The number of hydrogen-bond donors (Lipinski definition) is 1. The summed E-state index contributed by atoms with van der Waals surface area (Å²) >= 11 is 0. The number of likely N-dealkylation sites (tertiary alicyclic amines) is 1. The molecule has 1 N–H and O–H groups in total. The predicted molar refractivity (Wildman–Crippen MR) is 132 cm³/mol. The summed E-state index contributed by atoms with van der Waals surface area (Å²) in [6.07, 6.45) is 1.34. The lowest BCUT2D eigenvalue weighted by molar-refractivity contribution is -0.143. The lowest BCUT2D eigenvalue weighted by Gasteiger charge is -2.37. The van der Waals surface area contributed by atoms with Crippen molar-refractivity contribution in [3.05, 3.63) is 60.2 Å². The Labute approximate surface area is 206 Å². The van der Waals surface area contributed by atoms with E-state index in [1.807, 2.05) is 35.2 Å². The monoisotopic (exact) mass is 478 g/mol. The number of rotatable bonds is 6. The highest BCUT2D eigenvalue weighted by atomic mass is 16.6. The van der Waals surface area contributed by atoms with Crippen LogP contribution in [0.15, 0.2) is 54.6 Å². The fourth-order valence-corrected chi connectivity index (χ4v) is 5.02. The van der Waals surface area contributed by atoms with Crippen molar-refractivity contribution in [1.29, 1.82) is 0 Å². The maximum Gasteiger partial charge on any atom is 0.267 e. The van der Waals surface area contributed by atoms with Crippen LogP contribution in [-0.2, 0) is 16.1 Å². The molecule has 2 amide bonds. The van der Waals surface area contributed by atoms with Crippen molar-refractivity contribution in [2.45, 2.75) is 31.5 Å². The van der Waals surface area contributed by atoms with Crippen molar-refractivity contribution in [2.24, 2.45) is 0 Å². The van der Waals surface area contributed by atoms with Crippen LogP contribution < -0.4 is 14.8 Å². The maximum absolute atomic E-state index is 12.9. The zero-order valence-corrected chi connectivity index (χ0v) is 20.1. The van der Waals surface area contributed by atoms with Gasteiger partial charge in [-0.2, -0.15) is 0 Å². The highest BCUT2D eigenvalue weighted by Crippen LogP contribution is 2.31. The summed E-state index contributed by atoms with van der Waals surface area (Å²) in [6, 6.07) is 18.2. The van der Waals surface area contributed by atoms with Crippen LogP contribution >= 0.6 is 0 Å². The number of hydrogen-bond acceptors (Lipinski definition) is 6. The van der Waals surface area contributed by atoms with Crippen molar-refractivity contribution < 1.29 is 19.1 Å². The van der Waals surface area contributed by atoms with Gasteiger partial charge in [0.25, 0.3) is 5.91 Å². The third-order valence-electron chi connectivity index (χ3n) is 7.04. The topological polar surface area (TPSA) is 74.4 Å². The number of ether oxygens (including phenoxy) is 2. The van der Waals surface area contributed by atoms with E-state index < -0.39 is 6.10 Å². The van der Waals surface area contributed by atoms with E-state index in [2.05, 4.69) is 39.4 Å². The second kappa shape index (κ2) is 11.1. The Hall–Kier alpha value is -3.10. The molecule has 3 aliphatic heterocycles. The molecule has 0 aromatic heterocycles. The predicted octanol–water partition coefficient (Wildman–Crippen LogP) is 1.75.